The Hall–Kier alpha value is -2.71. The maximum absolute atomic E-state index is 13.9. The van der Waals surface area contributed by atoms with E-state index in [-0.39, 0.29) is 16.9 Å². The van der Waals surface area contributed by atoms with E-state index in [1.807, 2.05) is 26.8 Å². The first-order valence-corrected chi connectivity index (χ1v) is 10.7. The number of nitrogens with zero attached hydrogens (tertiary/aromatic N) is 1. The third kappa shape index (κ3) is 4.97. The fourth-order valence-corrected chi connectivity index (χ4v) is 4.21. The Morgan fingerprint density at radius 1 is 1.16 bits per heavy atom. The van der Waals surface area contributed by atoms with Crippen molar-refractivity contribution < 1.29 is 18.3 Å². The molecule has 162 valence electrons. The summed E-state index contributed by atoms with van der Waals surface area (Å²) in [6.07, 6.45) is 2.60. The quantitative estimate of drug-likeness (QED) is 0.517. The Labute approximate surface area is 182 Å². The molecule has 2 aliphatic rings. The van der Waals surface area contributed by atoms with E-state index in [9.17, 15) is 13.6 Å². The minimum absolute atomic E-state index is 0.0622. The van der Waals surface area contributed by atoms with Crippen LogP contribution in [0.3, 0.4) is 0 Å². The second-order valence-electron chi connectivity index (χ2n) is 9.55. The number of hydrogen-bond donors (Lipinski definition) is 0. The predicted molar refractivity (Wildman–Crippen MR) is 115 cm³/mol. The monoisotopic (exact) mass is 423 g/mol. The number of benzene rings is 2. The first-order valence-electron chi connectivity index (χ1n) is 10.7. The fourth-order valence-electron chi connectivity index (χ4n) is 4.21. The second kappa shape index (κ2) is 8.09. The van der Waals surface area contributed by atoms with Gasteiger partial charge in [0.15, 0.2) is 11.6 Å². The standard InChI is InChI=1S/C26H27F2NO2/c1-25(2,3)31-23(30)11-14-29-16-20-10-8-18(15-21(20)26(17-29)12-13-26)7-9-19-5-4-6-22(27)24(19)28/h4-6,8,10,15H,11-14,16-17H2,1-3H3. The topological polar surface area (TPSA) is 29.5 Å². The summed E-state index contributed by atoms with van der Waals surface area (Å²) < 4.78 is 32.7. The van der Waals surface area contributed by atoms with Gasteiger partial charge in [-0.05, 0) is 69.0 Å². The normalized spacial score (nSPS) is 16.9. The molecule has 3 nitrogen and oxygen atoms in total. The molecule has 1 fully saturated rings. The van der Waals surface area contributed by atoms with Crippen molar-refractivity contribution in [1.29, 1.82) is 0 Å². The highest BCUT2D eigenvalue weighted by Gasteiger charge is 2.49. The van der Waals surface area contributed by atoms with Crippen LogP contribution in [0.1, 0.15) is 62.3 Å². The molecule has 1 aliphatic carbocycles. The summed E-state index contributed by atoms with van der Waals surface area (Å²) in [6.45, 7) is 8.01. The molecule has 1 spiro atoms. The minimum atomic E-state index is -0.910. The summed E-state index contributed by atoms with van der Waals surface area (Å²) in [5, 5.41) is 0. The van der Waals surface area contributed by atoms with E-state index < -0.39 is 17.2 Å². The lowest BCUT2D eigenvalue weighted by Crippen LogP contribution is -2.39. The van der Waals surface area contributed by atoms with Crippen LogP contribution in [-0.2, 0) is 21.5 Å². The Morgan fingerprint density at radius 3 is 2.65 bits per heavy atom. The highest BCUT2D eigenvalue weighted by atomic mass is 19.2. The number of rotatable bonds is 3. The molecule has 0 radical (unpaired) electrons. The Balaban J connectivity index is 1.48. The maximum atomic E-state index is 13.9. The molecular formula is C26H27F2NO2. The van der Waals surface area contributed by atoms with Crippen LogP contribution in [0.4, 0.5) is 8.78 Å². The molecule has 5 heteroatoms. The van der Waals surface area contributed by atoms with Crippen LogP contribution in [-0.4, -0.2) is 29.6 Å². The molecule has 0 N–H and O–H groups in total. The maximum Gasteiger partial charge on any atom is 0.307 e. The zero-order valence-corrected chi connectivity index (χ0v) is 18.2. The smallest absolute Gasteiger partial charge is 0.307 e. The van der Waals surface area contributed by atoms with Crippen LogP contribution in [0.5, 0.6) is 0 Å². The molecule has 1 saturated carbocycles. The number of carbonyl (C=O) groups is 1. The van der Waals surface area contributed by atoms with Crippen LogP contribution in [0.2, 0.25) is 0 Å². The van der Waals surface area contributed by atoms with Crippen molar-refractivity contribution >= 4 is 5.97 Å². The molecule has 0 atom stereocenters. The van der Waals surface area contributed by atoms with Gasteiger partial charge in [-0.25, -0.2) is 8.78 Å². The lowest BCUT2D eigenvalue weighted by Gasteiger charge is -2.35. The van der Waals surface area contributed by atoms with Gasteiger partial charge < -0.3 is 4.74 Å². The van der Waals surface area contributed by atoms with Gasteiger partial charge >= 0.3 is 5.97 Å². The lowest BCUT2D eigenvalue weighted by atomic mass is 9.85. The van der Waals surface area contributed by atoms with Gasteiger partial charge in [0.05, 0.1) is 12.0 Å². The van der Waals surface area contributed by atoms with E-state index in [1.165, 1.54) is 23.3 Å². The number of hydrogen-bond acceptors (Lipinski definition) is 3. The molecule has 0 aromatic heterocycles. The molecule has 4 rings (SSSR count). The van der Waals surface area contributed by atoms with Gasteiger partial charge in [-0.3, -0.25) is 9.69 Å². The highest BCUT2D eigenvalue weighted by Crippen LogP contribution is 2.52. The van der Waals surface area contributed by atoms with Crippen LogP contribution < -0.4 is 0 Å². The van der Waals surface area contributed by atoms with Gasteiger partial charge in [-0.1, -0.05) is 24.0 Å². The van der Waals surface area contributed by atoms with Gasteiger partial charge in [0.25, 0.3) is 0 Å². The molecule has 31 heavy (non-hydrogen) atoms. The SMILES string of the molecule is CC(C)(C)OC(=O)CCN1Cc2ccc(C#Cc3cccc(F)c3F)cc2C2(CC2)C1. The van der Waals surface area contributed by atoms with E-state index in [2.05, 4.69) is 28.9 Å². The van der Waals surface area contributed by atoms with Crippen molar-refractivity contribution in [2.24, 2.45) is 0 Å². The summed E-state index contributed by atoms with van der Waals surface area (Å²) >= 11 is 0. The van der Waals surface area contributed by atoms with Crippen molar-refractivity contribution in [3.05, 3.63) is 70.3 Å². The van der Waals surface area contributed by atoms with Crippen molar-refractivity contribution in [2.45, 2.75) is 57.6 Å². The number of esters is 1. The summed E-state index contributed by atoms with van der Waals surface area (Å²) in [7, 11) is 0. The summed E-state index contributed by atoms with van der Waals surface area (Å²) in [5.74, 6) is 3.78. The summed E-state index contributed by atoms with van der Waals surface area (Å²) in [4.78, 5) is 14.4. The third-order valence-corrected chi connectivity index (χ3v) is 5.80. The molecule has 0 amide bonds. The fraction of sp³-hybridized carbons (Fsp3) is 0.423. The van der Waals surface area contributed by atoms with Crippen molar-refractivity contribution in [2.75, 3.05) is 13.1 Å². The van der Waals surface area contributed by atoms with E-state index in [0.717, 1.165) is 37.6 Å². The number of ether oxygens (including phenoxy) is 1. The van der Waals surface area contributed by atoms with Gasteiger partial charge in [-0.2, -0.15) is 0 Å². The van der Waals surface area contributed by atoms with E-state index in [1.54, 1.807) is 0 Å². The molecule has 1 heterocycles. The second-order valence-corrected chi connectivity index (χ2v) is 9.55. The number of fused-ring (bicyclic) bond motifs is 2. The van der Waals surface area contributed by atoms with E-state index >= 15 is 0 Å². The predicted octanol–water partition coefficient (Wildman–Crippen LogP) is 4.94. The van der Waals surface area contributed by atoms with E-state index in [0.29, 0.717) is 13.0 Å². The lowest BCUT2D eigenvalue weighted by molar-refractivity contribution is -0.155. The average Bonchev–Trinajstić information content (AvgIpc) is 3.46. The van der Waals surface area contributed by atoms with Crippen LogP contribution in [0.25, 0.3) is 0 Å². The van der Waals surface area contributed by atoms with Crippen LogP contribution in [0, 0.1) is 23.5 Å². The number of halogens is 2. The molecule has 0 bridgehead atoms. The molecule has 1 aliphatic heterocycles. The minimum Gasteiger partial charge on any atom is -0.460 e. The summed E-state index contributed by atoms with van der Waals surface area (Å²) in [6, 6.07) is 10.1. The van der Waals surface area contributed by atoms with E-state index in [4.69, 9.17) is 4.74 Å². The van der Waals surface area contributed by atoms with Crippen molar-refractivity contribution in [3.8, 4) is 11.8 Å². The number of carbonyl (C=O) groups excluding carboxylic acids is 1. The molecule has 2 aromatic carbocycles. The Bertz CT molecular complexity index is 1070. The zero-order chi connectivity index (χ0) is 22.2. The van der Waals surface area contributed by atoms with Crippen molar-refractivity contribution in [3.63, 3.8) is 0 Å². The zero-order valence-electron chi connectivity index (χ0n) is 18.2. The Morgan fingerprint density at radius 2 is 1.94 bits per heavy atom. The van der Waals surface area contributed by atoms with Gasteiger partial charge in [0, 0.05) is 30.6 Å². The Kier molecular flexibility index (Phi) is 5.61. The van der Waals surface area contributed by atoms with Gasteiger partial charge in [0.1, 0.15) is 5.60 Å². The molecule has 2 aromatic rings. The molecule has 0 saturated heterocycles. The highest BCUT2D eigenvalue weighted by molar-refractivity contribution is 5.70. The van der Waals surface area contributed by atoms with Crippen LogP contribution >= 0.6 is 0 Å². The van der Waals surface area contributed by atoms with Crippen molar-refractivity contribution in [1.82, 2.24) is 4.90 Å². The average molecular weight is 424 g/mol. The van der Waals surface area contributed by atoms with Gasteiger partial charge in [-0.15, -0.1) is 0 Å². The van der Waals surface area contributed by atoms with Gasteiger partial charge in [0.2, 0.25) is 0 Å². The molecule has 0 unspecified atom stereocenters. The largest absolute Gasteiger partial charge is 0.460 e. The first kappa shape index (κ1) is 21.5. The first-order chi connectivity index (χ1) is 14.7. The molecular weight excluding hydrogens is 396 g/mol. The summed E-state index contributed by atoms with van der Waals surface area (Å²) in [5.41, 5.74) is 3.06. The third-order valence-electron chi connectivity index (χ3n) is 5.80. The van der Waals surface area contributed by atoms with Crippen LogP contribution in [0.15, 0.2) is 36.4 Å².